The van der Waals surface area contributed by atoms with Gasteiger partial charge < -0.3 is 9.40 Å². The second-order valence-electron chi connectivity index (χ2n) is 7.26. The third-order valence-electron chi connectivity index (χ3n) is 5.38. The molecule has 0 fully saturated rings. The van der Waals surface area contributed by atoms with Crippen LogP contribution in [0.4, 0.5) is 0 Å². The van der Waals surface area contributed by atoms with E-state index in [-0.39, 0.29) is 18.1 Å². The molecule has 0 aliphatic rings. The number of carbonyl (C=O) groups is 2. The average Bonchev–Trinajstić information content (AvgIpc) is 3.33. The van der Waals surface area contributed by atoms with E-state index in [1.165, 1.54) is 0 Å². The van der Waals surface area contributed by atoms with Gasteiger partial charge in [0.25, 0.3) is 0 Å². The second-order valence-corrected chi connectivity index (χ2v) is 7.26. The topological polar surface area (TPSA) is 87.1 Å². The Bertz CT molecular complexity index is 1430. The van der Waals surface area contributed by atoms with E-state index in [9.17, 15) is 9.59 Å². The summed E-state index contributed by atoms with van der Waals surface area (Å²) in [6.45, 7) is 1.84. The summed E-state index contributed by atoms with van der Waals surface area (Å²) in [4.78, 5) is 28.2. The third kappa shape index (κ3) is 2.99. The van der Waals surface area contributed by atoms with Crippen LogP contribution in [0.2, 0.25) is 0 Å². The Balaban J connectivity index is 1.34. The van der Waals surface area contributed by atoms with E-state index >= 15 is 0 Å². The highest BCUT2D eigenvalue weighted by molar-refractivity contribution is 6.09. The predicted molar refractivity (Wildman–Crippen MR) is 116 cm³/mol. The minimum absolute atomic E-state index is 0.147. The van der Waals surface area contributed by atoms with Crippen LogP contribution in [-0.2, 0) is 11.2 Å². The molecule has 0 atom stereocenters. The van der Waals surface area contributed by atoms with Gasteiger partial charge in [0, 0.05) is 33.4 Å². The molecule has 0 saturated heterocycles. The average molecular weight is 397 g/mol. The number of aromatic nitrogens is 1. The fourth-order valence-corrected chi connectivity index (χ4v) is 3.84. The summed E-state index contributed by atoms with van der Waals surface area (Å²) >= 11 is 0. The number of amides is 2. The van der Waals surface area contributed by atoms with Gasteiger partial charge in [-0.1, -0.05) is 54.6 Å². The van der Waals surface area contributed by atoms with Gasteiger partial charge in [0.1, 0.15) is 5.58 Å². The number of hydrogen-bond donors (Lipinski definition) is 3. The number of rotatable bonds is 3. The van der Waals surface area contributed by atoms with Crippen LogP contribution < -0.4 is 10.9 Å². The van der Waals surface area contributed by atoms with Crippen LogP contribution in [0.5, 0.6) is 0 Å². The second kappa shape index (κ2) is 7.08. The van der Waals surface area contributed by atoms with Crippen LogP contribution in [-0.4, -0.2) is 16.8 Å². The Kier molecular flexibility index (Phi) is 4.25. The monoisotopic (exact) mass is 397 g/mol. The van der Waals surface area contributed by atoms with E-state index in [1.54, 1.807) is 6.20 Å². The molecular formula is C24H19N3O3. The largest absolute Gasteiger partial charge is 0.450 e. The molecule has 6 nitrogen and oxygen atoms in total. The first-order chi connectivity index (χ1) is 14.6. The molecule has 0 aliphatic carbocycles. The van der Waals surface area contributed by atoms with Crippen molar-refractivity contribution in [1.29, 1.82) is 0 Å². The number of aromatic amines is 1. The van der Waals surface area contributed by atoms with Gasteiger partial charge in [-0.2, -0.15) is 0 Å². The Morgan fingerprint density at radius 2 is 1.67 bits per heavy atom. The van der Waals surface area contributed by atoms with Gasteiger partial charge in [-0.25, -0.2) is 0 Å². The first-order valence-electron chi connectivity index (χ1n) is 9.67. The van der Waals surface area contributed by atoms with E-state index in [0.717, 1.165) is 38.2 Å². The minimum Gasteiger partial charge on any atom is -0.450 e. The smallest absolute Gasteiger partial charge is 0.305 e. The quantitative estimate of drug-likeness (QED) is 0.395. The molecule has 5 rings (SSSR count). The maximum absolute atomic E-state index is 12.7. The van der Waals surface area contributed by atoms with Crippen molar-refractivity contribution in [2.24, 2.45) is 0 Å². The number of aryl methyl sites for hydroxylation is 1. The lowest BCUT2D eigenvalue weighted by molar-refractivity contribution is -0.121. The predicted octanol–water partition coefficient (Wildman–Crippen LogP) is 4.38. The molecule has 2 heterocycles. The molecule has 3 N–H and O–H groups in total. The summed E-state index contributed by atoms with van der Waals surface area (Å²) in [7, 11) is 0. The zero-order valence-electron chi connectivity index (χ0n) is 16.3. The molecule has 2 aromatic heterocycles. The molecule has 0 radical (unpaired) electrons. The first kappa shape index (κ1) is 18.0. The Labute approximate surface area is 171 Å². The molecule has 148 valence electrons. The zero-order chi connectivity index (χ0) is 20.7. The molecule has 3 aromatic carbocycles. The normalized spacial score (nSPS) is 11.2. The lowest BCUT2D eigenvalue weighted by Crippen LogP contribution is -2.42. The molecule has 0 unspecified atom stereocenters. The molecule has 30 heavy (non-hydrogen) atoms. The number of benzene rings is 3. The highest BCUT2D eigenvalue weighted by Crippen LogP contribution is 2.31. The standard InChI is InChI=1S/C24H19N3O3/c1-14-17-11-10-15-6-2-3-8-19(15)23(17)30-22(14)24(29)27-26-21(28)12-16-13-25-20-9-5-4-7-18(16)20/h2-11,13,25H,12H2,1H3,(H,26,28)(H,27,29). The van der Waals surface area contributed by atoms with Gasteiger partial charge in [-0.3, -0.25) is 20.4 Å². The molecule has 6 heteroatoms. The number of carbonyl (C=O) groups excluding carboxylic acids is 2. The van der Waals surface area contributed by atoms with Crippen LogP contribution in [0.3, 0.4) is 0 Å². The van der Waals surface area contributed by atoms with Gasteiger partial charge in [0.2, 0.25) is 5.91 Å². The van der Waals surface area contributed by atoms with Crippen molar-refractivity contribution in [2.45, 2.75) is 13.3 Å². The van der Waals surface area contributed by atoms with Crippen LogP contribution in [0.15, 0.2) is 71.3 Å². The molecule has 0 spiro atoms. The summed E-state index contributed by atoms with van der Waals surface area (Å²) in [5.74, 6) is -0.610. The van der Waals surface area contributed by atoms with Gasteiger partial charge in [-0.05, 0) is 23.9 Å². The van der Waals surface area contributed by atoms with Gasteiger partial charge in [-0.15, -0.1) is 0 Å². The summed E-state index contributed by atoms with van der Waals surface area (Å²) in [5.41, 5.74) is 8.18. The maximum Gasteiger partial charge on any atom is 0.305 e. The van der Waals surface area contributed by atoms with E-state index < -0.39 is 5.91 Å². The van der Waals surface area contributed by atoms with Crippen molar-refractivity contribution < 1.29 is 14.0 Å². The van der Waals surface area contributed by atoms with E-state index in [0.29, 0.717) is 5.58 Å². The third-order valence-corrected chi connectivity index (χ3v) is 5.38. The molecule has 0 saturated carbocycles. The molecule has 5 aromatic rings. The summed E-state index contributed by atoms with van der Waals surface area (Å²) in [6.07, 6.45) is 1.95. The van der Waals surface area contributed by atoms with Crippen LogP contribution in [0.1, 0.15) is 21.7 Å². The SMILES string of the molecule is Cc1c(C(=O)NNC(=O)Cc2c[nH]c3ccccc23)oc2c1ccc1ccccc12. The van der Waals surface area contributed by atoms with E-state index in [1.807, 2.05) is 67.6 Å². The maximum atomic E-state index is 12.7. The highest BCUT2D eigenvalue weighted by Gasteiger charge is 2.19. The number of nitrogens with one attached hydrogen (secondary N) is 3. The van der Waals surface area contributed by atoms with Crippen molar-refractivity contribution >= 4 is 44.5 Å². The Hall–Kier alpha value is -4.06. The van der Waals surface area contributed by atoms with E-state index in [2.05, 4.69) is 15.8 Å². The number of hydrogen-bond acceptors (Lipinski definition) is 3. The lowest BCUT2D eigenvalue weighted by Gasteiger charge is -2.06. The number of fused-ring (bicyclic) bond motifs is 4. The number of hydrazine groups is 1. The Morgan fingerprint density at radius 1 is 0.900 bits per heavy atom. The van der Waals surface area contributed by atoms with Crippen LogP contribution in [0.25, 0.3) is 32.6 Å². The van der Waals surface area contributed by atoms with Crippen molar-refractivity contribution in [3.63, 3.8) is 0 Å². The van der Waals surface area contributed by atoms with Crippen molar-refractivity contribution in [3.05, 3.63) is 83.7 Å². The number of para-hydroxylation sites is 1. The lowest BCUT2D eigenvalue weighted by atomic mass is 10.1. The molecule has 0 aliphatic heterocycles. The van der Waals surface area contributed by atoms with Gasteiger partial charge in [0.15, 0.2) is 5.76 Å². The molecule has 2 amide bonds. The fraction of sp³-hybridized carbons (Fsp3) is 0.0833. The first-order valence-corrected chi connectivity index (χ1v) is 9.67. The molecular weight excluding hydrogens is 378 g/mol. The highest BCUT2D eigenvalue weighted by atomic mass is 16.3. The van der Waals surface area contributed by atoms with Crippen LogP contribution in [0, 0.1) is 6.92 Å². The summed E-state index contributed by atoms with van der Waals surface area (Å²) in [5, 5.41) is 3.85. The Morgan fingerprint density at radius 3 is 2.53 bits per heavy atom. The van der Waals surface area contributed by atoms with E-state index in [4.69, 9.17) is 4.42 Å². The van der Waals surface area contributed by atoms with Gasteiger partial charge in [0.05, 0.1) is 6.42 Å². The fourth-order valence-electron chi connectivity index (χ4n) is 3.84. The minimum atomic E-state index is -0.486. The van der Waals surface area contributed by atoms with Crippen LogP contribution >= 0.6 is 0 Å². The zero-order valence-corrected chi connectivity index (χ0v) is 16.3. The number of H-pyrrole nitrogens is 1. The summed E-state index contributed by atoms with van der Waals surface area (Å²) < 4.78 is 5.90. The molecule has 0 bridgehead atoms. The van der Waals surface area contributed by atoms with Crippen molar-refractivity contribution in [3.8, 4) is 0 Å². The van der Waals surface area contributed by atoms with Gasteiger partial charge >= 0.3 is 5.91 Å². The summed E-state index contributed by atoms with van der Waals surface area (Å²) in [6, 6.07) is 19.6. The van der Waals surface area contributed by atoms with Crippen molar-refractivity contribution in [2.75, 3.05) is 0 Å². The van der Waals surface area contributed by atoms with Crippen molar-refractivity contribution in [1.82, 2.24) is 15.8 Å². The number of furan rings is 1.